The summed E-state index contributed by atoms with van der Waals surface area (Å²) in [5.74, 6) is -0.391. The number of amides is 2. The van der Waals surface area contributed by atoms with Gasteiger partial charge >= 0.3 is 0 Å². The smallest absolute Gasteiger partial charge is 0.276 e. The lowest BCUT2D eigenvalue weighted by molar-refractivity contribution is 0.0928. The van der Waals surface area contributed by atoms with Gasteiger partial charge < -0.3 is 10.2 Å². The highest BCUT2D eigenvalue weighted by Gasteiger charge is 2.21. The van der Waals surface area contributed by atoms with Gasteiger partial charge in [0.15, 0.2) is 0 Å². The number of nitrogens with zero attached hydrogens (tertiary/aromatic N) is 2. The molecule has 0 radical (unpaired) electrons. The Hall–Kier alpha value is -2.69. The Balaban J connectivity index is 1.75. The molecule has 0 bridgehead atoms. The number of hydrogen-bond donors (Lipinski definition) is 1. The third-order valence-corrected chi connectivity index (χ3v) is 5.27. The fourth-order valence-corrected chi connectivity index (χ4v) is 3.74. The van der Waals surface area contributed by atoms with Crippen molar-refractivity contribution >= 4 is 17.5 Å². The molecule has 2 amide bonds. The Kier molecular flexibility index (Phi) is 6.80. The summed E-state index contributed by atoms with van der Waals surface area (Å²) >= 11 is 0. The zero-order valence-electron chi connectivity index (χ0n) is 16.8. The molecule has 5 nitrogen and oxygen atoms in total. The summed E-state index contributed by atoms with van der Waals surface area (Å²) < 4.78 is 0. The zero-order chi connectivity index (χ0) is 19.9. The van der Waals surface area contributed by atoms with E-state index in [0.717, 1.165) is 36.9 Å². The van der Waals surface area contributed by atoms with Gasteiger partial charge in [0.1, 0.15) is 11.4 Å². The quantitative estimate of drug-likeness (QED) is 0.778. The van der Waals surface area contributed by atoms with E-state index in [1.807, 2.05) is 38.1 Å². The van der Waals surface area contributed by atoms with Crippen LogP contribution in [0.3, 0.4) is 0 Å². The van der Waals surface area contributed by atoms with Crippen LogP contribution in [0.15, 0.2) is 42.5 Å². The molecule has 3 rings (SSSR count). The lowest BCUT2D eigenvalue weighted by Crippen LogP contribution is -2.36. The van der Waals surface area contributed by atoms with Crippen LogP contribution < -0.4 is 10.2 Å². The maximum atomic E-state index is 13.0. The Labute approximate surface area is 167 Å². The summed E-state index contributed by atoms with van der Waals surface area (Å²) in [7, 11) is 0. The Morgan fingerprint density at radius 1 is 1.04 bits per heavy atom. The molecule has 148 valence electrons. The van der Waals surface area contributed by atoms with E-state index in [9.17, 15) is 9.59 Å². The SMILES string of the molecule is CCN(C(=O)c1cccc(C(=O)NC2CCCCCC2)n1)c1cccc(C)c1. The first-order chi connectivity index (χ1) is 13.6. The molecule has 0 spiro atoms. The van der Waals surface area contributed by atoms with Gasteiger partial charge in [-0.1, -0.05) is 43.9 Å². The summed E-state index contributed by atoms with van der Waals surface area (Å²) in [6.45, 7) is 4.46. The molecule has 28 heavy (non-hydrogen) atoms. The van der Waals surface area contributed by atoms with Crippen molar-refractivity contribution in [2.75, 3.05) is 11.4 Å². The zero-order valence-corrected chi connectivity index (χ0v) is 16.8. The molecule has 1 heterocycles. The van der Waals surface area contributed by atoms with E-state index in [4.69, 9.17) is 0 Å². The van der Waals surface area contributed by atoms with Gasteiger partial charge in [0, 0.05) is 18.3 Å². The number of nitrogens with one attached hydrogen (secondary N) is 1. The van der Waals surface area contributed by atoms with Crippen LogP contribution in [0.2, 0.25) is 0 Å². The van der Waals surface area contributed by atoms with E-state index in [0.29, 0.717) is 12.2 Å². The van der Waals surface area contributed by atoms with Gasteiger partial charge in [0.2, 0.25) is 0 Å². The molecule has 1 saturated carbocycles. The number of anilines is 1. The van der Waals surface area contributed by atoms with E-state index >= 15 is 0 Å². The van der Waals surface area contributed by atoms with Crippen LogP contribution in [0.5, 0.6) is 0 Å². The molecule has 2 aromatic rings. The van der Waals surface area contributed by atoms with Crippen molar-refractivity contribution in [3.63, 3.8) is 0 Å². The molecular formula is C23H29N3O2. The second-order valence-corrected chi connectivity index (χ2v) is 7.46. The molecule has 0 atom stereocenters. The predicted octanol–water partition coefficient (Wildman–Crippen LogP) is 4.51. The number of benzene rings is 1. The van der Waals surface area contributed by atoms with Crippen molar-refractivity contribution in [1.82, 2.24) is 10.3 Å². The van der Waals surface area contributed by atoms with E-state index in [-0.39, 0.29) is 23.6 Å². The van der Waals surface area contributed by atoms with Crippen LogP contribution in [-0.4, -0.2) is 29.4 Å². The molecule has 1 N–H and O–H groups in total. The number of aryl methyl sites for hydroxylation is 1. The second kappa shape index (κ2) is 9.49. The third-order valence-electron chi connectivity index (χ3n) is 5.27. The normalized spacial score (nSPS) is 14.9. The number of pyridine rings is 1. The molecule has 0 unspecified atom stereocenters. The first kappa shape index (κ1) is 20.1. The summed E-state index contributed by atoms with van der Waals surface area (Å²) in [5.41, 5.74) is 2.52. The minimum absolute atomic E-state index is 0.194. The lowest BCUT2D eigenvalue weighted by Gasteiger charge is -2.21. The van der Waals surface area contributed by atoms with Gasteiger partial charge in [-0.05, 0) is 56.5 Å². The van der Waals surface area contributed by atoms with Gasteiger partial charge in [-0.25, -0.2) is 4.98 Å². The summed E-state index contributed by atoms with van der Waals surface area (Å²) in [4.78, 5) is 31.7. The average molecular weight is 380 g/mol. The number of carbonyl (C=O) groups is 2. The molecule has 1 aliphatic rings. The van der Waals surface area contributed by atoms with E-state index in [2.05, 4.69) is 10.3 Å². The number of rotatable bonds is 5. The summed E-state index contributed by atoms with van der Waals surface area (Å²) in [6.07, 6.45) is 6.81. The van der Waals surface area contributed by atoms with Crippen molar-refractivity contribution in [3.8, 4) is 0 Å². The van der Waals surface area contributed by atoms with Crippen LogP contribution in [-0.2, 0) is 0 Å². The summed E-state index contributed by atoms with van der Waals surface area (Å²) in [5, 5.41) is 3.10. The van der Waals surface area contributed by atoms with E-state index < -0.39 is 0 Å². The second-order valence-electron chi connectivity index (χ2n) is 7.46. The number of hydrogen-bond acceptors (Lipinski definition) is 3. The largest absolute Gasteiger partial charge is 0.348 e. The van der Waals surface area contributed by atoms with Gasteiger partial charge in [-0.2, -0.15) is 0 Å². The Bertz CT molecular complexity index is 826. The Morgan fingerprint density at radius 2 is 1.71 bits per heavy atom. The summed E-state index contributed by atoms with van der Waals surface area (Å²) in [6, 6.07) is 13.1. The molecule has 1 aromatic heterocycles. The highest BCUT2D eigenvalue weighted by atomic mass is 16.2. The van der Waals surface area contributed by atoms with Crippen LogP contribution in [0.1, 0.15) is 72.0 Å². The van der Waals surface area contributed by atoms with E-state index in [1.165, 1.54) is 12.8 Å². The maximum absolute atomic E-state index is 13.0. The van der Waals surface area contributed by atoms with Crippen LogP contribution in [0.25, 0.3) is 0 Å². The minimum Gasteiger partial charge on any atom is -0.348 e. The topological polar surface area (TPSA) is 62.3 Å². The van der Waals surface area contributed by atoms with Gasteiger partial charge in [-0.15, -0.1) is 0 Å². The minimum atomic E-state index is -0.197. The lowest BCUT2D eigenvalue weighted by atomic mass is 10.1. The van der Waals surface area contributed by atoms with Gasteiger partial charge in [-0.3, -0.25) is 9.59 Å². The first-order valence-corrected chi connectivity index (χ1v) is 10.2. The monoisotopic (exact) mass is 379 g/mol. The first-order valence-electron chi connectivity index (χ1n) is 10.2. The van der Waals surface area contributed by atoms with Crippen LogP contribution in [0.4, 0.5) is 5.69 Å². The molecular weight excluding hydrogens is 350 g/mol. The maximum Gasteiger partial charge on any atom is 0.276 e. The third kappa shape index (κ3) is 4.97. The predicted molar refractivity (Wildman–Crippen MR) is 112 cm³/mol. The molecule has 1 aliphatic carbocycles. The number of carbonyl (C=O) groups excluding carboxylic acids is 2. The van der Waals surface area contributed by atoms with Gasteiger partial charge in [0.05, 0.1) is 0 Å². The van der Waals surface area contributed by atoms with Crippen LogP contribution >= 0.6 is 0 Å². The van der Waals surface area contributed by atoms with Crippen LogP contribution in [0, 0.1) is 6.92 Å². The van der Waals surface area contributed by atoms with Crippen molar-refractivity contribution in [1.29, 1.82) is 0 Å². The van der Waals surface area contributed by atoms with Crippen molar-refractivity contribution in [2.24, 2.45) is 0 Å². The van der Waals surface area contributed by atoms with Crippen molar-refractivity contribution < 1.29 is 9.59 Å². The molecule has 0 saturated heterocycles. The molecule has 5 heteroatoms. The highest BCUT2D eigenvalue weighted by Crippen LogP contribution is 2.19. The van der Waals surface area contributed by atoms with Crippen molar-refractivity contribution in [2.45, 2.75) is 58.4 Å². The average Bonchev–Trinajstić information content (AvgIpc) is 2.97. The highest BCUT2D eigenvalue weighted by molar-refractivity contribution is 6.05. The fourth-order valence-electron chi connectivity index (χ4n) is 3.74. The van der Waals surface area contributed by atoms with E-state index in [1.54, 1.807) is 23.1 Å². The standard InChI is InChI=1S/C23H29N3O2/c1-3-26(19-13-8-10-17(2)16-19)23(28)21-15-9-14-20(25-21)22(27)24-18-11-6-4-5-7-12-18/h8-10,13-16,18H,3-7,11-12H2,1-2H3,(H,24,27). The molecule has 1 fully saturated rings. The molecule has 1 aromatic carbocycles. The number of aromatic nitrogens is 1. The fraction of sp³-hybridized carbons (Fsp3) is 0.435. The Morgan fingerprint density at radius 3 is 2.39 bits per heavy atom. The molecule has 0 aliphatic heterocycles. The van der Waals surface area contributed by atoms with Gasteiger partial charge in [0.25, 0.3) is 11.8 Å². The van der Waals surface area contributed by atoms with Crippen molar-refractivity contribution in [3.05, 3.63) is 59.4 Å².